The van der Waals surface area contributed by atoms with Crippen LogP contribution in [0.3, 0.4) is 0 Å². The molecule has 1 aromatic heterocycles. The Morgan fingerprint density at radius 3 is 2.54 bits per heavy atom. The van der Waals surface area contributed by atoms with E-state index in [1.165, 1.54) is 0 Å². The molecule has 2 aromatic rings. The highest BCUT2D eigenvalue weighted by molar-refractivity contribution is 7.71. The van der Waals surface area contributed by atoms with Gasteiger partial charge in [-0.15, -0.1) is 0 Å². The monoisotopic (exact) mass is 405 g/mol. The van der Waals surface area contributed by atoms with Gasteiger partial charge in [0, 0.05) is 37.5 Å². The number of aromatic amines is 1. The maximum absolute atomic E-state index is 12.1. The number of ether oxygens (including phenoxy) is 1. The van der Waals surface area contributed by atoms with Gasteiger partial charge in [-0.2, -0.15) is 5.10 Å². The largest absolute Gasteiger partial charge is 0.494 e. The predicted molar refractivity (Wildman–Crippen MR) is 109 cm³/mol. The summed E-state index contributed by atoms with van der Waals surface area (Å²) in [7, 11) is 0. The van der Waals surface area contributed by atoms with Gasteiger partial charge in [-0.05, 0) is 43.4 Å². The normalized spacial score (nSPS) is 10.7. The van der Waals surface area contributed by atoms with Crippen LogP contribution in [0.15, 0.2) is 24.3 Å². The van der Waals surface area contributed by atoms with Gasteiger partial charge >= 0.3 is 0 Å². The Hall–Kier alpha value is -2.68. The number of hydrogen-bond donors (Lipinski definition) is 3. The van der Waals surface area contributed by atoms with E-state index >= 15 is 0 Å². The van der Waals surface area contributed by atoms with Gasteiger partial charge in [0.1, 0.15) is 5.75 Å². The first-order valence-corrected chi connectivity index (χ1v) is 9.76. The molecule has 0 unspecified atom stereocenters. The van der Waals surface area contributed by atoms with Crippen LogP contribution in [0.25, 0.3) is 11.4 Å². The molecule has 0 saturated heterocycles. The zero-order chi connectivity index (χ0) is 20.5. The van der Waals surface area contributed by atoms with E-state index in [2.05, 4.69) is 20.8 Å². The van der Waals surface area contributed by atoms with Gasteiger partial charge in [0.15, 0.2) is 10.6 Å². The Bertz CT molecular complexity index is 842. The molecule has 0 bridgehead atoms. The van der Waals surface area contributed by atoms with Crippen molar-refractivity contribution in [3.05, 3.63) is 29.0 Å². The lowest BCUT2D eigenvalue weighted by atomic mass is 10.2. The fourth-order valence-electron chi connectivity index (χ4n) is 2.51. The van der Waals surface area contributed by atoms with E-state index in [9.17, 15) is 9.59 Å². The van der Waals surface area contributed by atoms with Crippen molar-refractivity contribution in [1.82, 2.24) is 25.4 Å². The zero-order valence-electron chi connectivity index (χ0n) is 16.4. The van der Waals surface area contributed by atoms with Crippen molar-refractivity contribution in [3.8, 4) is 17.1 Å². The second-order valence-electron chi connectivity index (χ2n) is 6.51. The zero-order valence-corrected chi connectivity index (χ0v) is 17.3. The van der Waals surface area contributed by atoms with Gasteiger partial charge in [0.25, 0.3) is 0 Å². The molecule has 8 nitrogen and oxygen atoms in total. The molecule has 0 saturated carbocycles. The van der Waals surface area contributed by atoms with Crippen molar-refractivity contribution in [3.63, 3.8) is 0 Å². The number of rotatable bonds is 10. The minimum absolute atomic E-state index is 0.0288. The Balaban J connectivity index is 1.89. The first-order chi connectivity index (χ1) is 13.4. The minimum Gasteiger partial charge on any atom is -0.494 e. The summed E-state index contributed by atoms with van der Waals surface area (Å²) in [6.45, 7) is 7.39. The van der Waals surface area contributed by atoms with Gasteiger partial charge in [0.2, 0.25) is 11.8 Å². The number of hydrogen-bond acceptors (Lipinski definition) is 5. The van der Waals surface area contributed by atoms with Crippen LogP contribution in [0.4, 0.5) is 0 Å². The SMILES string of the molecule is CCOc1ccc(-c2n[nH]c(=S)n2CCC(=O)NCCNC(=O)C(C)C)cc1. The van der Waals surface area contributed by atoms with E-state index in [1.54, 1.807) is 4.57 Å². The minimum atomic E-state index is -0.112. The Morgan fingerprint density at radius 1 is 1.21 bits per heavy atom. The highest BCUT2D eigenvalue weighted by Crippen LogP contribution is 2.21. The summed E-state index contributed by atoms with van der Waals surface area (Å²) in [6, 6.07) is 7.56. The van der Waals surface area contributed by atoms with Crippen LogP contribution < -0.4 is 15.4 Å². The molecular weight excluding hydrogens is 378 g/mol. The molecule has 1 heterocycles. The van der Waals surface area contributed by atoms with Crippen LogP contribution in [-0.4, -0.2) is 46.3 Å². The van der Waals surface area contributed by atoms with Gasteiger partial charge in [0.05, 0.1) is 6.61 Å². The second kappa shape index (κ2) is 10.6. The lowest BCUT2D eigenvalue weighted by Crippen LogP contribution is -2.36. The maximum atomic E-state index is 12.1. The van der Waals surface area contributed by atoms with Crippen molar-refractivity contribution in [1.29, 1.82) is 0 Å². The van der Waals surface area contributed by atoms with E-state index in [-0.39, 0.29) is 24.2 Å². The van der Waals surface area contributed by atoms with Crippen LogP contribution in [-0.2, 0) is 16.1 Å². The summed E-state index contributed by atoms with van der Waals surface area (Å²) in [5.74, 6) is 1.25. The van der Waals surface area contributed by atoms with Crippen LogP contribution in [0.2, 0.25) is 0 Å². The van der Waals surface area contributed by atoms with Crippen LogP contribution in [0.5, 0.6) is 5.75 Å². The van der Waals surface area contributed by atoms with Gasteiger partial charge in [-0.3, -0.25) is 19.3 Å². The molecule has 0 aliphatic carbocycles. The molecule has 0 atom stereocenters. The van der Waals surface area contributed by atoms with E-state index in [0.29, 0.717) is 36.8 Å². The fraction of sp³-hybridized carbons (Fsp3) is 0.474. The van der Waals surface area contributed by atoms with E-state index in [1.807, 2.05) is 45.0 Å². The summed E-state index contributed by atoms with van der Waals surface area (Å²) >= 11 is 5.29. The number of aromatic nitrogens is 3. The highest BCUT2D eigenvalue weighted by Gasteiger charge is 2.11. The smallest absolute Gasteiger partial charge is 0.222 e. The Morgan fingerprint density at radius 2 is 1.89 bits per heavy atom. The summed E-state index contributed by atoms with van der Waals surface area (Å²) in [5.41, 5.74) is 0.882. The molecule has 0 radical (unpaired) electrons. The molecule has 9 heteroatoms. The van der Waals surface area contributed by atoms with Gasteiger partial charge in [-0.1, -0.05) is 13.8 Å². The molecular formula is C19H27N5O3S. The quantitative estimate of drug-likeness (QED) is 0.416. The lowest BCUT2D eigenvalue weighted by molar-refractivity contribution is -0.124. The molecule has 0 aliphatic rings. The van der Waals surface area contributed by atoms with Crippen molar-refractivity contribution in [2.24, 2.45) is 5.92 Å². The third kappa shape index (κ3) is 6.19. The average Bonchev–Trinajstić information content (AvgIpc) is 3.04. The molecule has 0 spiro atoms. The van der Waals surface area contributed by atoms with Crippen molar-refractivity contribution in [2.75, 3.05) is 19.7 Å². The molecule has 0 fully saturated rings. The number of carbonyl (C=O) groups is 2. The first-order valence-electron chi connectivity index (χ1n) is 9.35. The summed E-state index contributed by atoms with van der Waals surface area (Å²) < 4.78 is 7.71. The standard InChI is InChI=1S/C19H27N5O3S/c1-4-27-15-7-5-14(6-8-15)17-22-23-19(28)24(17)12-9-16(25)20-10-11-21-18(26)13(2)3/h5-8,13H,4,9-12H2,1-3H3,(H,20,25)(H,21,26)(H,23,28). The molecule has 152 valence electrons. The third-order valence-corrected chi connectivity index (χ3v) is 4.33. The number of nitrogens with zero attached hydrogens (tertiary/aromatic N) is 2. The number of carbonyl (C=O) groups excluding carboxylic acids is 2. The molecule has 1 aromatic carbocycles. The number of amides is 2. The van der Waals surface area contributed by atoms with Crippen LogP contribution in [0.1, 0.15) is 27.2 Å². The lowest BCUT2D eigenvalue weighted by Gasteiger charge is -2.10. The predicted octanol–water partition coefficient (Wildman–Crippen LogP) is 2.28. The fourth-order valence-corrected chi connectivity index (χ4v) is 2.73. The molecule has 3 N–H and O–H groups in total. The molecule has 2 amide bonds. The van der Waals surface area contributed by atoms with E-state index in [4.69, 9.17) is 17.0 Å². The summed E-state index contributed by atoms with van der Waals surface area (Å²) in [5, 5.41) is 12.6. The number of H-pyrrole nitrogens is 1. The van der Waals surface area contributed by atoms with E-state index < -0.39 is 0 Å². The van der Waals surface area contributed by atoms with Crippen LogP contribution >= 0.6 is 12.2 Å². The topological polar surface area (TPSA) is 101 Å². The number of benzene rings is 1. The maximum Gasteiger partial charge on any atom is 0.222 e. The Kier molecular flexibility index (Phi) is 8.19. The van der Waals surface area contributed by atoms with Crippen molar-refractivity contribution < 1.29 is 14.3 Å². The first kappa shape index (κ1) is 21.6. The average molecular weight is 406 g/mol. The molecule has 0 aliphatic heterocycles. The summed E-state index contributed by atoms with van der Waals surface area (Å²) in [4.78, 5) is 23.6. The van der Waals surface area contributed by atoms with Gasteiger partial charge < -0.3 is 15.4 Å². The molecule has 28 heavy (non-hydrogen) atoms. The van der Waals surface area contributed by atoms with Crippen LogP contribution in [0, 0.1) is 10.7 Å². The molecule has 2 rings (SSSR count). The van der Waals surface area contributed by atoms with Gasteiger partial charge in [-0.25, -0.2) is 0 Å². The van der Waals surface area contributed by atoms with Crippen molar-refractivity contribution in [2.45, 2.75) is 33.7 Å². The number of nitrogens with one attached hydrogen (secondary N) is 3. The van der Waals surface area contributed by atoms with E-state index in [0.717, 1.165) is 11.3 Å². The Labute approximate surface area is 169 Å². The highest BCUT2D eigenvalue weighted by atomic mass is 32.1. The third-order valence-electron chi connectivity index (χ3n) is 4.02. The summed E-state index contributed by atoms with van der Waals surface area (Å²) in [6.07, 6.45) is 0.260. The van der Waals surface area contributed by atoms with Crippen molar-refractivity contribution >= 4 is 24.0 Å². The second-order valence-corrected chi connectivity index (χ2v) is 6.89.